The molecule has 0 unspecified atom stereocenters. The summed E-state index contributed by atoms with van der Waals surface area (Å²) in [6.07, 6.45) is 2.15. The molecule has 1 aliphatic carbocycles. The van der Waals surface area contributed by atoms with Gasteiger partial charge in [-0.15, -0.1) is 10.2 Å². The highest BCUT2D eigenvalue weighted by Gasteiger charge is 2.31. The zero-order valence-corrected chi connectivity index (χ0v) is 12.5. The van der Waals surface area contributed by atoms with Crippen LogP contribution in [0.25, 0.3) is 11.4 Å². The van der Waals surface area contributed by atoms with E-state index in [0.29, 0.717) is 22.8 Å². The van der Waals surface area contributed by atoms with Crippen LogP contribution in [-0.2, 0) is 5.33 Å². The minimum atomic E-state index is -0.367. The highest BCUT2D eigenvalue weighted by atomic mass is 79.9. The molecule has 0 saturated heterocycles. The minimum Gasteiger partial charge on any atom is -0.307 e. The molecule has 6 nitrogen and oxygen atoms in total. The summed E-state index contributed by atoms with van der Waals surface area (Å²) in [6, 6.07) is 5.45. The average Bonchev–Trinajstić information content (AvgIpc) is 3.17. The predicted molar refractivity (Wildman–Crippen MR) is 77.8 cm³/mol. The van der Waals surface area contributed by atoms with Crippen molar-refractivity contribution >= 4 is 21.6 Å². The molecule has 20 heavy (non-hydrogen) atoms. The lowest BCUT2D eigenvalue weighted by atomic mass is 10.1. The number of nitro benzene ring substituents is 1. The molecule has 1 aliphatic rings. The van der Waals surface area contributed by atoms with Gasteiger partial charge in [0.15, 0.2) is 5.82 Å². The van der Waals surface area contributed by atoms with Crippen molar-refractivity contribution < 1.29 is 4.92 Å². The van der Waals surface area contributed by atoms with Crippen molar-refractivity contribution in [1.82, 2.24) is 14.8 Å². The molecule has 0 amide bonds. The van der Waals surface area contributed by atoms with Crippen molar-refractivity contribution in [3.05, 3.63) is 39.7 Å². The van der Waals surface area contributed by atoms with Crippen LogP contribution in [0.5, 0.6) is 0 Å². The van der Waals surface area contributed by atoms with Gasteiger partial charge < -0.3 is 4.57 Å². The molecule has 1 heterocycles. The standard InChI is InChI=1S/C13H13BrN4O2/c1-8-2-5-11(18(19)20)10(6-8)13-16-15-12(7-14)17(13)9-3-4-9/h2,5-6,9H,3-4,7H2,1H3. The van der Waals surface area contributed by atoms with E-state index < -0.39 is 0 Å². The Bertz CT molecular complexity index is 679. The zero-order chi connectivity index (χ0) is 14.3. The van der Waals surface area contributed by atoms with Crippen LogP contribution in [0.4, 0.5) is 5.69 Å². The van der Waals surface area contributed by atoms with Gasteiger partial charge in [0, 0.05) is 12.1 Å². The van der Waals surface area contributed by atoms with Crippen LogP contribution in [0.3, 0.4) is 0 Å². The predicted octanol–water partition coefficient (Wildman–Crippen LogP) is 3.39. The van der Waals surface area contributed by atoms with Gasteiger partial charge in [0.2, 0.25) is 0 Å². The molecule has 0 radical (unpaired) electrons. The van der Waals surface area contributed by atoms with Crippen LogP contribution in [0.1, 0.15) is 30.3 Å². The normalized spacial score (nSPS) is 14.5. The summed E-state index contributed by atoms with van der Waals surface area (Å²) in [5.74, 6) is 1.41. The van der Waals surface area contributed by atoms with Crippen LogP contribution < -0.4 is 0 Å². The Morgan fingerprint density at radius 3 is 2.80 bits per heavy atom. The molecule has 104 valence electrons. The van der Waals surface area contributed by atoms with E-state index in [1.807, 2.05) is 11.5 Å². The number of alkyl halides is 1. The quantitative estimate of drug-likeness (QED) is 0.487. The Labute approximate surface area is 124 Å². The van der Waals surface area contributed by atoms with Crippen LogP contribution in [-0.4, -0.2) is 19.7 Å². The van der Waals surface area contributed by atoms with Gasteiger partial charge in [-0.3, -0.25) is 10.1 Å². The highest BCUT2D eigenvalue weighted by molar-refractivity contribution is 9.08. The Morgan fingerprint density at radius 1 is 1.45 bits per heavy atom. The van der Waals surface area contributed by atoms with Gasteiger partial charge >= 0.3 is 0 Å². The lowest BCUT2D eigenvalue weighted by Crippen LogP contribution is -2.03. The second kappa shape index (κ2) is 4.97. The molecule has 0 N–H and O–H groups in total. The van der Waals surface area contributed by atoms with E-state index in [9.17, 15) is 10.1 Å². The highest BCUT2D eigenvalue weighted by Crippen LogP contribution is 2.41. The second-order valence-electron chi connectivity index (χ2n) is 4.95. The number of benzene rings is 1. The summed E-state index contributed by atoms with van der Waals surface area (Å²) in [4.78, 5) is 10.9. The zero-order valence-electron chi connectivity index (χ0n) is 10.9. The molecule has 3 rings (SSSR count). The van der Waals surface area contributed by atoms with Crippen molar-refractivity contribution in [2.24, 2.45) is 0 Å². The van der Waals surface area contributed by atoms with E-state index in [1.165, 1.54) is 6.07 Å². The molecule has 1 saturated carbocycles. The van der Waals surface area contributed by atoms with E-state index >= 15 is 0 Å². The van der Waals surface area contributed by atoms with E-state index in [-0.39, 0.29) is 10.6 Å². The van der Waals surface area contributed by atoms with E-state index in [2.05, 4.69) is 26.1 Å². The van der Waals surface area contributed by atoms with Gasteiger partial charge in [-0.25, -0.2) is 0 Å². The summed E-state index contributed by atoms with van der Waals surface area (Å²) < 4.78 is 2.02. The number of hydrogen-bond donors (Lipinski definition) is 0. The first kappa shape index (κ1) is 13.2. The largest absolute Gasteiger partial charge is 0.307 e. The number of nitrogens with zero attached hydrogens (tertiary/aromatic N) is 4. The fourth-order valence-corrected chi connectivity index (χ4v) is 2.69. The summed E-state index contributed by atoms with van der Waals surface area (Å²) in [6.45, 7) is 1.91. The number of hydrogen-bond acceptors (Lipinski definition) is 4. The number of halogens is 1. The molecule has 1 aromatic carbocycles. The van der Waals surface area contributed by atoms with Gasteiger partial charge in [0.25, 0.3) is 5.69 Å². The lowest BCUT2D eigenvalue weighted by molar-refractivity contribution is -0.384. The third-order valence-electron chi connectivity index (χ3n) is 3.39. The van der Waals surface area contributed by atoms with E-state index in [0.717, 1.165) is 24.2 Å². The van der Waals surface area contributed by atoms with Gasteiger partial charge in [0.1, 0.15) is 5.82 Å². The maximum Gasteiger partial charge on any atom is 0.280 e. The fourth-order valence-electron chi connectivity index (χ4n) is 2.30. The van der Waals surface area contributed by atoms with Crippen molar-refractivity contribution in [1.29, 1.82) is 0 Å². The molecule has 0 aliphatic heterocycles. The molecule has 7 heteroatoms. The molecular weight excluding hydrogens is 324 g/mol. The van der Waals surface area contributed by atoms with Gasteiger partial charge in [0.05, 0.1) is 15.8 Å². The molecule has 1 fully saturated rings. The van der Waals surface area contributed by atoms with Gasteiger partial charge in [-0.1, -0.05) is 22.0 Å². The number of rotatable bonds is 4. The summed E-state index contributed by atoms with van der Waals surface area (Å²) >= 11 is 3.40. The molecule has 0 spiro atoms. The monoisotopic (exact) mass is 336 g/mol. The van der Waals surface area contributed by atoms with Crippen LogP contribution in [0.2, 0.25) is 0 Å². The van der Waals surface area contributed by atoms with E-state index in [1.54, 1.807) is 12.1 Å². The molecule has 1 aromatic heterocycles. The summed E-state index contributed by atoms with van der Waals surface area (Å²) in [7, 11) is 0. The third-order valence-corrected chi connectivity index (χ3v) is 3.89. The number of aromatic nitrogens is 3. The third kappa shape index (κ3) is 2.22. The van der Waals surface area contributed by atoms with Crippen LogP contribution >= 0.6 is 15.9 Å². The van der Waals surface area contributed by atoms with Crippen molar-refractivity contribution in [3.63, 3.8) is 0 Å². The summed E-state index contributed by atoms with van der Waals surface area (Å²) in [5, 5.41) is 20.1. The Morgan fingerprint density at radius 2 is 2.20 bits per heavy atom. The Hall–Kier alpha value is -1.76. The molecule has 0 bridgehead atoms. The number of aryl methyl sites for hydroxylation is 1. The second-order valence-corrected chi connectivity index (χ2v) is 5.51. The van der Waals surface area contributed by atoms with Crippen molar-refractivity contribution in [3.8, 4) is 11.4 Å². The first-order valence-corrected chi connectivity index (χ1v) is 7.49. The van der Waals surface area contributed by atoms with E-state index in [4.69, 9.17) is 0 Å². The maximum absolute atomic E-state index is 11.2. The van der Waals surface area contributed by atoms with Gasteiger partial charge in [-0.05, 0) is 31.4 Å². The molecular formula is C13H13BrN4O2. The number of nitro groups is 1. The Kier molecular flexibility index (Phi) is 3.29. The maximum atomic E-state index is 11.2. The fraction of sp³-hybridized carbons (Fsp3) is 0.385. The lowest BCUT2D eigenvalue weighted by Gasteiger charge is -2.08. The topological polar surface area (TPSA) is 73.8 Å². The van der Waals surface area contributed by atoms with Crippen LogP contribution in [0.15, 0.2) is 18.2 Å². The van der Waals surface area contributed by atoms with Crippen molar-refractivity contribution in [2.75, 3.05) is 0 Å². The SMILES string of the molecule is Cc1ccc([N+](=O)[O-])c(-c2nnc(CBr)n2C2CC2)c1. The molecule has 2 aromatic rings. The average molecular weight is 337 g/mol. The van der Waals surface area contributed by atoms with Crippen LogP contribution in [0, 0.1) is 17.0 Å². The first-order valence-electron chi connectivity index (χ1n) is 6.37. The van der Waals surface area contributed by atoms with Gasteiger partial charge in [-0.2, -0.15) is 0 Å². The summed E-state index contributed by atoms with van der Waals surface area (Å²) in [5.41, 5.74) is 1.59. The first-order chi connectivity index (χ1) is 9.61. The molecule has 0 atom stereocenters. The minimum absolute atomic E-state index is 0.0750. The van der Waals surface area contributed by atoms with Crippen molar-refractivity contribution in [2.45, 2.75) is 31.1 Å². The smallest absolute Gasteiger partial charge is 0.280 e. The Balaban J connectivity index is 2.20.